The number of carbonyl (C=O) groups is 2. The molecule has 38 heavy (non-hydrogen) atoms. The van der Waals surface area contributed by atoms with Gasteiger partial charge in [-0.25, -0.2) is 14.6 Å². The molecular formula is C28H29N5O5. The van der Waals surface area contributed by atoms with Gasteiger partial charge in [0, 0.05) is 24.0 Å². The van der Waals surface area contributed by atoms with E-state index in [1.165, 1.54) is 5.56 Å². The molecule has 196 valence electrons. The number of carboxylic acid groups (broad SMARTS) is 1. The molecule has 0 aliphatic carbocycles. The molecule has 2 aromatic carbocycles. The molecule has 10 nitrogen and oxygen atoms in total. The summed E-state index contributed by atoms with van der Waals surface area (Å²) in [5, 5.41) is 20.5. The van der Waals surface area contributed by atoms with E-state index in [2.05, 4.69) is 21.8 Å². The molecular weight excluding hydrogens is 486 g/mol. The van der Waals surface area contributed by atoms with Crippen LogP contribution in [0.25, 0.3) is 10.9 Å². The van der Waals surface area contributed by atoms with E-state index >= 15 is 0 Å². The molecule has 1 aliphatic heterocycles. The fourth-order valence-corrected chi connectivity index (χ4v) is 4.35. The van der Waals surface area contributed by atoms with Crippen molar-refractivity contribution in [3.8, 4) is 5.75 Å². The van der Waals surface area contributed by atoms with Crippen molar-refractivity contribution in [2.24, 2.45) is 0 Å². The Morgan fingerprint density at radius 2 is 2.00 bits per heavy atom. The molecule has 0 spiro atoms. The molecule has 0 fully saturated rings. The van der Waals surface area contributed by atoms with Crippen LogP contribution in [0, 0.1) is 0 Å². The van der Waals surface area contributed by atoms with Crippen LogP contribution in [-0.4, -0.2) is 51.1 Å². The van der Waals surface area contributed by atoms with Gasteiger partial charge in [0.25, 0.3) is 0 Å². The normalized spacial score (nSPS) is 13.3. The van der Waals surface area contributed by atoms with Crippen molar-refractivity contribution in [3.63, 3.8) is 0 Å². The minimum Gasteiger partial charge on any atom is -0.493 e. The van der Waals surface area contributed by atoms with E-state index in [1.807, 2.05) is 54.6 Å². The van der Waals surface area contributed by atoms with Crippen LogP contribution in [0.3, 0.4) is 0 Å². The molecule has 0 saturated heterocycles. The third-order valence-electron chi connectivity index (χ3n) is 6.35. The number of aromatic nitrogens is 3. The van der Waals surface area contributed by atoms with Gasteiger partial charge in [-0.05, 0) is 48.2 Å². The average Bonchev–Trinajstić information content (AvgIpc) is 3.34. The zero-order valence-electron chi connectivity index (χ0n) is 20.8. The lowest BCUT2D eigenvalue weighted by atomic mass is 10.1. The Morgan fingerprint density at radius 1 is 1.13 bits per heavy atom. The monoisotopic (exact) mass is 515 g/mol. The van der Waals surface area contributed by atoms with Crippen LogP contribution in [0.15, 0.2) is 66.9 Å². The number of benzene rings is 2. The van der Waals surface area contributed by atoms with E-state index in [9.17, 15) is 14.7 Å². The van der Waals surface area contributed by atoms with E-state index in [-0.39, 0.29) is 13.2 Å². The van der Waals surface area contributed by atoms with Crippen LogP contribution in [0.5, 0.6) is 5.75 Å². The molecule has 0 bridgehead atoms. The second-order valence-electron chi connectivity index (χ2n) is 9.08. The van der Waals surface area contributed by atoms with Crippen LogP contribution in [0.2, 0.25) is 0 Å². The number of carboxylic acids is 1. The van der Waals surface area contributed by atoms with E-state index < -0.39 is 18.1 Å². The summed E-state index contributed by atoms with van der Waals surface area (Å²) in [7, 11) is 0. The van der Waals surface area contributed by atoms with Gasteiger partial charge in [0.05, 0.1) is 24.9 Å². The van der Waals surface area contributed by atoms with Gasteiger partial charge in [0.15, 0.2) is 0 Å². The molecule has 4 aromatic rings. The Hall–Kier alpha value is -4.60. The van der Waals surface area contributed by atoms with E-state index in [0.29, 0.717) is 18.8 Å². The fourth-order valence-electron chi connectivity index (χ4n) is 4.35. The maximum Gasteiger partial charge on any atom is 0.408 e. The molecule has 0 radical (unpaired) electrons. The lowest BCUT2D eigenvalue weighted by molar-refractivity contribution is -0.139. The lowest BCUT2D eigenvalue weighted by Crippen LogP contribution is -2.44. The van der Waals surface area contributed by atoms with Gasteiger partial charge in [-0.3, -0.25) is 4.68 Å². The number of carbonyl (C=O) groups excluding carboxylic acids is 1. The van der Waals surface area contributed by atoms with Crippen LogP contribution in [0.4, 0.5) is 10.6 Å². The van der Waals surface area contributed by atoms with Crippen molar-refractivity contribution in [1.29, 1.82) is 0 Å². The van der Waals surface area contributed by atoms with Crippen LogP contribution in [0.1, 0.15) is 23.2 Å². The highest BCUT2D eigenvalue weighted by Crippen LogP contribution is 2.22. The van der Waals surface area contributed by atoms with Gasteiger partial charge in [0.2, 0.25) is 0 Å². The summed E-state index contributed by atoms with van der Waals surface area (Å²) in [5.74, 6) is 0.475. The van der Waals surface area contributed by atoms with Gasteiger partial charge in [-0.1, -0.05) is 36.4 Å². The minimum atomic E-state index is -1.21. The smallest absolute Gasteiger partial charge is 0.408 e. The molecule has 1 amide bonds. The minimum absolute atomic E-state index is 0.0475. The number of pyridine rings is 1. The number of aliphatic carboxylic acids is 1. The summed E-state index contributed by atoms with van der Waals surface area (Å²) in [6.45, 7) is 1.42. The van der Waals surface area contributed by atoms with Gasteiger partial charge in [0.1, 0.15) is 24.2 Å². The number of rotatable bonds is 10. The SMILES string of the molecule is O=C(NC(Cn1ncc2cc(OCCc3ccc4c(n3)NCCC4)ccc21)C(=O)O)OCc1ccccc1. The number of fused-ring (bicyclic) bond motifs is 2. The van der Waals surface area contributed by atoms with Crippen molar-refractivity contribution < 1.29 is 24.2 Å². The number of nitrogens with one attached hydrogen (secondary N) is 2. The highest BCUT2D eigenvalue weighted by atomic mass is 16.5. The first kappa shape index (κ1) is 25.1. The van der Waals surface area contributed by atoms with Gasteiger partial charge >= 0.3 is 12.1 Å². The molecule has 3 N–H and O–H groups in total. The van der Waals surface area contributed by atoms with Crippen LogP contribution < -0.4 is 15.4 Å². The quantitative estimate of drug-likeness (QED) is 0.291. The van der Waals surface area contributed by atoms with Crippen molar-refractivity contribution in [3.05, 3.63) is 83.7 Å². The summed E-state index contributed by atoms with van der Waals surface area (Å²) >= 11 is 0. The predicted molar refractivity (Wildman–Crippen MR) is 141 cm³/mol. The number of nitrogens with zero attached hydrogens (tertiary/aromatic N) is 3. The molecule has 2 aromatic heterocycles. The van der Waals surface area contributed by atoms with Crippen LogP contribution >= 0.6 is 0 Å². The predicted octanol–water partition coefficient (Wildman–Crippen LogP) is 3.79. The maximum atomic E-state index is 12.2. The molecule has 3 heterocycles. The molecule has 0 saturated carbocycles. The number of alkyl carbamates (subject to hydrolysis) is 1. The Balaban J connectivity index is 1.16. The molecule has 10 heteroatoms. The summed E-state index contributed by atoms with van der Waals surface area (Å²) in [6, 6.07) is 17.6. The Bertz CT molecular complexity index is 1420. The van der Waals surface area contributed by atoms with Crippen LogP contribution in [-0.2, 0) is 35.5 Å². The molecule has 5 rings (SSSR count). The second kappa shape index (κ2) is 11.6. The third-order valence-corrected chi connectivity index (χ3v) is 6.35. The zero-order valence-corrected chi connectivity index (χ0v) is 20.8. The maximum absolute atomic E-state index is 12.2. The Morgan fingerprint density at radius 3 is 2.84 bits per heavy atom. The van der Waals surface area contributed by atoms with Crippen molar-refractivity contribution in [2.75, 3.05) is 18.5 Å². The first-order valence-corrected chi connectivity index (χ1v) is 12.6. The van der Waals surface area contributed by atoms with E-state index in [1.54, 1.807) is 10.9 Å². The standard InChI is InChI=1S/C28H29N5O5/c34-27(35)24(32-28(36)38-18-19-5-2-1-3-6-19)17-33-25-11-10-23(15-21(25)16-30-33)37-14-12-22-9-8-20-7-4-13-29-26(20)31-22/h1-3,5-6,8-11,15-16,24H,4,7,12-14,17-18H2,(H,29,31)(H,32,36)(H,34,35). The van der Waals surface area contributed by atoms with Gasteiger partial charge in [-0.2, -0.15) is 5.10 Å². The number of anilines is 1. The van der Waals surface area contributed by atoms with E-state index in [4.69, 9.17) is 14.5 Å². The first-order valence-electron chi connectivity index (χ1n) is 12.6. The molecule has 1 atom stereocenters. The van der Waals surface area contributed by atoms with Crippen molar-refractivity contribution >= 4 is 28.8 Å². The third kappa shape index (κ3) is 6.20. The molecule has 1 unspecified atom stereocenters. The first-order chi connectivity index (χ1) is 18.5. The Kier molecular flexibility index (Phi) is 7.67. The zero-order chi connectivity index (χ0) is 26.3. The lowest BCUT2D eigenvalue weighted by Gasteiger charge is -2.17. The number of hydrogen-bond donors (Lipinski definition) is 3. The number of aryl methyl sites for hydroxylation is 1. The van der Waals surface area contributed by atoms with Gasteiger partial charge in [-0.15, -0.1) is 0 Å². The number of amides is 1. The summed E-state index contributed by atoms with van der Waals surface area (Å²) in [6.07, 6.45) is 3.70. The number of ether oxygens (including phenoxy) is 2. The highest BCUT2D eigenvalue weighted by molar-refractivity contribution is 5.82. The number of hydrogen-bond acceptors (Lipinski definition) is 7. The van der Waals surface area contributed by atoms with E-state index in [0.717, 1.165) is 47.4 Å². The topological polar surface area (TPSA) is 128 Å². The van der Waals surface area contributed by atoms with Gasteiger partial charge < -0.3 is 25.2 Å². The average molecular weight is 516 g/mol. The molecule has 1 aliphatic rings. The summed E-state index contributed by atoms with van der Waals surface area (Å²) < 4.78 is 12.6. The highest BCUT2D eigenvalue weighted by Gasteiger charge is 2.23. The largest absolute Gasteiger partial charge is 0.493 e. The Labute approximate surface area is 219 Å². The summed E-state index contributed by atoms with van der Waals surface area (Å²) in [4.78, 5) is 28.7. The van der Waals surface area contributed by atoms with Crippen molar-refractivity contribution in [1.82, 2.24) is 20.1 Å². The van der Waals surface area contributed by atoms with Crippen molar-refractivity contribution in [2.45, 2.75) is 38.5 Å². The second-order valence-corrected chi connectivity index (χ2v) is 9.08. The fraction of sp³-hybridized carbons (Fsp3) is 0.286. The summed E-state index contributed by atoms with van der Waals surface area (Å²) in [5.41, 5.74) is 3.77.